The van der Waals surface area contributed by atoms with Crippen LogP contribution in [0.1, 0.15) is 33.9 Å². The van der Waals surface area contributed by atoms with Gasteiger partial charge in [-0.05, 0) is 11.4 Å². The van der Waals surface area contributed by atoms with Crippen molar-refractivity contribution in [3.63, 3.8) is 0 Å². The van der Waals surface area contributed by atoms with Crippen molar-refractivity contribution in [2.45, 2.75) is 24.7 Å². The molecule has 2 aromatic rings. The molecule has 6 nitrogen and oxygen atoms in total. The Hall–Kier alpha value is -1.78. The van der Waals surface area contributed by atoms with E-state index in [4.69, 9.17) is 16.3 Å². The van der Waals surface area contributed by atoms with E-state index in [1.807, 2.05) is 0 Å². The number of carbonyl (C=O) groups is 1. The lowest BCUT2D eigenvalue weighted by molar-refractivity contribution is -0.173. The van der Waals surface area contributed by atoms with Gasteiger partial charge in [-0.2, -0.15) is 18.3 Å². The van der Waals surface area contributed by atoms with Crippen molar-refractivity contribution in [2.24, 2.45) is 0 Å². The first-order valence-corrected chi connectivity index (χ1v) is 9.00. The minimum atomic E-state index is -4.52. The number of thiophene rings is 1. The van der Waals surface area contributed by atoms with Gasteiger partial charge >= 0.3 is 6.18 Å². The van der Waals surface area contributed by atoms with Crippen molar-refractivity contribution in [3.05, 3.63) is 33.1 Å². The molecule has 1 aliphatic rings. The molecule has 1 aliphatic heterocycles. The Balaban J connectivity index is 1.95. The van der Waals surface area contributed by atoms with Gasteiger partial charge in [0.2, 0.25) is 0 Å². The largest absolute Gasteiger partial charge is 0.410 e. The summed E-state index contributed by atoms with van der Waals surface area (Å²) >= 11 is 7.54. The Kier molecular flexibility index (Phi) is 5.44. The molecule has 0 fully saturated rings. The highest BCUT2D eigenvalue weighted by Crippen LogP contribution is 2.46. The zero-order valence-corrected chi connectivity index (χ0v) is 15.2. The SMILES string of the molecule is COCCNC(=O)c1nn2c(c1Cl)NC(c1cccs1)CC2C(F)(F)F. The van der Waals surface area contributed by atoms with Crippen LogP contribution in [0, 0.1) is 0 Å². The number of halogens is 4. The molecule has 2 N–H and O–H groups in total. The standard InChI is InChI=1S/C15H16ClF3N4O2S/c1-25-5-4-20-14(24)12-11(16)13-21-8(9-3-2-6-26-9)7-10(15(17,18)19)23(13)22-12/h2-3,6,8,10,21H,4-5,7H2,1H3,(H,20,24). The fraction of sp³-hybridized carbons (Fsp3) is 0.467. The van der Waals surface area contributed by atoms with Crippen LogP contribution in [0.2, 0.25) is 5.02 Å². The number of carbonyl (C=O) groups excluding carboxylic acids is 1. The lowest BCUT2D eigenvalue weighted by Gasteiger charge is -2.32. The number of aromatic nitrogens is 2. The van der Waals surface area contributed by atoms with Crippen LogP contribution in [0.25, 0.3) is 0 Å². The van der Waals surface area contributed by atoms with Gasteiger partial charge in [0, 0.05) is 25.0 Å². The van der Waals surface area contributed by atoms with Gasteiger partial charge in [0.25, 0.3) is 5.91 Å². The topological polar surface area (TPSA) is 68.2 Å². The molecule has 0 bridgehead atoms. The molecule has 11 heteroatoms. The first kappa shape index (κ1) is 19.0. The molecule has 0 aliphatic carbocycles. The fourth-order valence-corrected chi connectivity index (χ4v) is 3.82. The van der Waals surface area contributed by atoms with Crippen molar-refractivity contribution in [3.8, 4) is 0 Å². The van der Waals surface area contributed by atoms with E-state index in [-0.39, 0.29) is 36.1 Å². The minimum Gasteiger partial charge on any atom is -0.383 e. The summed E-state index contributed by atoms with van der Waals surface area (Å²) in [7, 11) is 1.47. The monoisotopic (exact) mass is 408 g/mol. The zero-order chi connectivity index (χ0) is 18.9. The number of amides is 1. The predicted octanol–water partition coefficient (Wildman–Crippen LogP) is 3.63. The van der Waals surface area contributed by atoms with Crippen LogP contribution in [0.3, 0.4) is 0 Å². The maximum Gasteiger partial charge on any atom is 0.410 e. The summed E-state index contributed by atoms with van der Waals surface area (Å²) in [4.78, 5) is 12.9. The fourth-order valence-electron chi connectivity index (χ4n) is 2.76. The van der Waals surface area contributed by atoms with E-state index in [2.05, 4.69) is 15.7 Å². The molecule has 142 valence electrons. The van der Waals surface area contributed by atoms with Crippen molar-refractivity contribution in [1.82, 2.24) is 15.1 Å². The summed E-state index contributed by atoms with van der Waals surface area (Å²) in [5.41, 5.74) is -0.244. The Morgan fingerprint density at radius 3 is 2.96 bits per heavy atom. The molecule has 1 amide bonds. The van der Waals surface area contributed by atoms with Gasteiger partial charge < -0.3 is 15.4 Å². The second-order valence-electron chi connectivity index (χ2n) is 5.71. The summed E-state index contributed by atoms with van der Waals surface area (Å²) in [5, 5.41) is 11.0. The maximum atomic E-state index is 13.6. The zero-order valence-electron chi connectivity index (χ0n) is 13.6. The molecule has 3 heterocycles. The lowest BCUT2D eigenvalue weighted by Crippen LogP contribution is -2.35. The van der Waals surface area contributed by atoms with Crippen molar-refractivity contribution in [2.75, 3.05) is 25.6 Å². The van der Waals surface area contributed by atoms with Gasteiger partial charge in [0.1, 0.15) is 10.8 Å². The summed E-state index contributed by atoms with van der Waals surface area (Å²) < 4.78 is 46.3. The third-order valence-electron chi connectivity index (χ3n) is 3.99. The second-order valence-corrected chi connectivity index (χ2v) is 7.07. The summed E-state index contributed by atoms with van der Waals surface area (Å²) in [6.07, 6.45) is -4.76. The molecule has 0 spiro atoms. The molecule has 2 unspecified atom stereocenters. The first-order valence-electron chi connectivity index (χ1n) is 7.74. The maximum absolute atomic E-state index is 13.6. The third kappa shape index (κ3) is 3.67. The van der Waals surface area contributed by atoms with E-state index in [0.717, 1.165) is 9.56 Å². The molecule has 2 aromatic heterocycles. The number of fused-ring (bicyclic) bond motifs is 1. The number of rotatable bonds is 5. The average Bonchev–Trinajstić information content (AvgIpc) is 3.22. The van der Waals surface area contributed by atoms with Gasteiger partial charge in [0.15, 0.2) is 11.7 Å². The third-order valence-corrected chi connectivity index (χ3v) is 5.33. The van der Waals surface area contributed by atoms with Crippen molar-refractivity contribution < 1.29 is 22.7 Å². The van der Waals surface area contributed by atoms with Crippen LogP contribution in [0.15, 0.2) is 17.5 Å². The van der Waals surface area contributed by atoms with E-state index < -0.39 is 24.2 Å². The predicted molar refractivity (Wildman–Crippen MR) is 91.8 cm³/mol. The van der Waals surface area contributed by atoms with Gasteiger partial charge in [-0.3, -0.25) is 4.79 Å². The quantitative estimate of drug-likeness (QED) is 0.741. The van der Waals surface area contributed by atoms with Crippen LogP contribution in [0.5, 0.6) is 0 Å². The summed E-state index contributed by atoms with van der Waals surface area (Å²) in [6, 6.07) is 1.09. The first-order chi connectivity index (χ1) is 12.3. The second kappa shape index (κ2) is 7.45. The molecule has 3 rings (SSSR count). The molecule has 26 heavy (non-hydrogen) atoms. The Morgan fingerprint density at radius 1 is 1.58 bits per heavy atom. The number of ether oxygens (including phenoxy) is 1. The number of anilines is 1. The van der Waals surface area contributed by atoms with Crippen LogP contribution < -0.4 is 10.6 Å². The number of hydrogen-bond acceptors (Lipinski definition) is 5. The van der Waals surface area contributed by atoms with Crippen LogP contribution in [-0.2, 0) is 4.74 Å². The Bertz CT molecular complexity index is 779. The van der Waals surface area contributed by atoms with Crippen molar-refractivity contribution >= 4 is 34.7 Å². The molecule has 0 saturated heterocycles. The highest BCUT2D eigenvalue weighted by Gasteiger charge is 2.48. The highest BCUT2D eigenvalue weighted by molar-refractivity contribution is 7.10. The number of hydrogen-bond donors (Lipinski definition) is 2. The van der Waals surface area contributed by atoms with Gasteiger partial charge in [-0.1, -0.05) is 17.7 Å². The highest BCUT2D eigenvalue weighted by atomic mass is 35.5. The van der Waals surface area contributed by atoms with Gasteiger partial charge in [-0.15, -0.1) is 11.3 Å². The number of nitrogens with one attached hydrogen (secondary N) is 2. The molecule has 0 radical (unpaired) electrons. The normalized spacial score (nSPS) is 19.7. The molecule has 0 aromatic carbocycles. The summed E-state index contributed by atoms with van der Waals surface area (Å²) in [6.45, 7) is 0.461. The Labute approximate surface area is 156 Å². The average molecular weight is 409 g/mol. The van der Waals surface area contributed by atoms with Crippen LogP contribution in [-0.4, -0.2) is 42.1 Å². The van der Waals surface area contributed by atoms with E-state index in [9.17, 15) is 18.0 Å². The molecule has 0 saturated carbocycles. The molecular weight excluding hydrogens is 393 g/mol. The molecule has 2 atom stereocenters. The van der Waals surface area contributed by atoms with E-state index in [0.29, 0.717) is 0 Å². The van der Waals surface area contributed by atoms with Crippen molar-refractivity contribution in [1.29, 1.82) is 0 Å². The van der Waals surface area contributed by atoms with Gasteiger partial charge in [0.05, 0.1) is 12.6 Å². The van der Waals surface area contributed by atoms with Crippen LogP contribution >= 0.6 is 22.9 Å². The van der Waals surface area contributed by atoms with E-state index in [1.54, 1.807) is 17.5 Å². The summed E-state index contributed by atoms with van der Waals surface area (Å²) in [5.74, 6) is -0.653. The number of methoxy groups -OCH3 is 1. The van der Waals surface area contributed by atoms with Crippen LogP contribution in [0.4, 0.5) is 19.0 Å². The minimum absolute atomic E-state index is 0.00414. The molecular formula is C15H16ClF3N4O2S. The number of nitrogens with zero attached hydrogens (tertiary/aromatic N) is 2. The van der Waals surface area contributed by atoms with Gasteiger partial charge in [-0.25, -0.2) is 4.68 Å². The smallest absolute Gasteiger partial charge is 0.383 e. The van der Waals surface area contributed by atoms with E-state index >= 15 is 0 Å². The lowest BCUT2D eigenvalue weighted by atomic mass is 10.0. The van der Waals surface area contributed by atoms with E-state index in [1.165, 1.54) is 18.4 Å². The number of alkyl halides is 3. The Morgan fingerprint density at radius 2 is 2.35 bits per heavy atom.